The van der Waals surface area contributed by atoms with E-state index in [1.807, 2.05) is 0 Å². The van der Waals surface area contributed by atoms with Crippen molar-refractivity contribution >= 4 is 34.7 Å². The van der Waals surface area contributed by atoms with Gasteiger partial charge in [0.2, 0.25) is 0 Å². The molecule has 2 heterocycles. The Hall–Kier alpha value is -1.53. The number of anilines is 1. The molecule has 0 aliphatic heterocycles. The first-order valence-corrected chi connectivity index (χ1v) is 5.11. The Balaban J connectivity index is 2.09. The van der Waals surface area contributed by atoms with Crippen molar-refractivity contribution < 1.29 is 4.79 Å². The Bertz CT molecular complexity index is 456. The van der Waals surface area contributed by atoms with Crippen LogP contribution in [0.15, 0.2) is 24.5 Å². The summed E-state index contributed by atoms with van der Waals surface area (Å²) in [6.45, 7) is 0. The van der Waals surface area contributed by atoms with Crippen molar-refractivity contribution in [1.29, 1.82) is 0 Å². The second kappa shape index (κ2) is 4.33. The number of hydrogen-bond donors (Lipinski definition) is 1. The van der Waals surface area contributed by atoms with Crippen molar-refractivity contribution in [2.24, 2.45) is 0 Å². The minimum atomic E-state index is -0.255. The van der Waals surface area contributed by atoms with Gasteiger partial charge in [-0.15, -0.1) is 5.10 Å². The van der Waals surface area contributed by atoms with Crippen molar-refractivity contribution in [1.82, 2.24) is 14.6 Å². The topological polar surface area (TPSA) is 67.8 Å². The molecule has 0 atom stereocenters. The van der Waals surface area contributed by atoms with E-state index >= 15 is 0 Å². The molecule has 0 spiro atoms. The zero-order chi connectivity index (χ0) is 10.7. The van der Waals surface area contributed by atoms with Gasteiger partial charge in [-0.2, -0.15) is 0 Å². The number of carbonyl (C=O) groups excluding carboxylic acids is 1. The van der Waals surface area contributed by atoms with Crippen LogP contribution in [0.5, 0.6) is 0 Å². The Morgan fingerprint density at radius 3 is 2.87 bits per heavy atom. The van der Waals surface area contributed by atoms with Crippen LogP contribution in [0.3, 0.4) is 0 Å². The zero-order valence-corrected chi connectivity index (χ0v) is 8.92. The van der Waals surface area contributed by atoms with Crippen LogP contribution in [0.2, 0.25) is 5.15 Å². The molecule has 0 bridgehead atoms. The number of aromatic nitrogens is 3. The smallest absolute Gasteiger partial charge is 0.269 e. The molecule has 0 aliphatic carbocycles. The SMILES string of the molecule is O=C(Nc1ccc(Cl)nc1)c1cnns1. The Morgan fingerprint density at radius 1 is 1.40 bits per heavy atom. The van der Waals surface area contributed by atoms with E-state index in [1.165, 1.54) is 12.4 Å². The molecule has 2 aromatic heterocycles. The molecule has 0 aliphatic rings. The van der Waals surface area contributed by atoms with Gasteiger partial charge in [0.25, 0.3) is 5.91 Å². The van der Waals surface area contributed by atoms with Gasteiger partial charge in [0.1, 0.15) is 10.0 Å². The lowest BCUT2D eigenvalue weighted by Crippen LogP contribution is -2.10. The monoisotopic (exact) mass is 240 g/mol. The van der Waals surface area contributed by atoms with Gasteiger partial charge in [-0.1, -0.05) is 16.1 Å². The minimum absolute atomic E-state index is 0.255. The van der Waals surface area contributed by atoms with Gasteiger partial charge in [0, 0.05) is 0 Å². The number of carbonyl (C=O) groups is 1. The molecule has 0 radical (unpaired) electrons. The van der Waals surface area contributed by atoms with Crippen LogP contribution >= 0.6 is 23.1 Å². The maximum atomic E-state index is 11.5. The van der Waals surface area contributed by atoms with Crippen molar-refractivity contribution in [2.75, 3.05) is 5.32 Å². The Labute approximate surface area is 94.3 Å². The van der Waals surface area contributed by atoms with E-state index in [1.54, 1.807) is 12.1 Å². The molecule has 7 heteroatoms. The average Bonchev–Trinajstić information content (AvgIpc) is 2.74. The maximum absolute atomic E-state index is 11.5. The van der Waals surface area contributed by atoms with Gasteiger partial charge in [-0.05, 0) is 23.7 Å². The van der Waals surface area contributed by atoms with E-state index in [-0.39, 0.29) is 5.91 Å². The molecule has 0 fully saturated rings. The van der Waals surface area contributed by atoms with Crippen LogP contribution in [0.25, 0.3) is 0 Å². The van der Waals surface area contributed by atoms with Crippen LogP contribution in [0, 0.1) is 0 Å². The van der Waals surface area contributed by atoms with Gasteiger partial charge < -0.3 is 5.32 Å². The van der Waals surface area contributed by atoms with Crippen LogP contribution in [0.4, 0.5) is 5.69 Å². The predicted octanol–water partition coefficient (Wildman–Crippen LogP) is 1.84. The number of nitrogens with one attached hydrogen (secondary N) is 1. The Kier molecular flexibility index (Phi) is 2.89. The number of amides is 1. The molecule has 15 heavy (non-hydrogen) atoms. The fraction of sp³-hybridized carbons (Fsp3) is 0. The standard InChI is InChI=1S/C8H5ClN4OS/c9-7-2-1-5(3-10-7)12-8(14)6-4-11-13-15-6/h1-4H,(H,12,14). The quantitative estimate of drug-likeness (QED) is 0.814. The summed E-state index contributed by atoms with van der Waals surface area (Å²) in [5, 5.41) is 6.59. The van der Waals surface area contributed by atoms with Crippen LogP contribution in [-0.2, 0) is 0 Å². The predicted molar refractivity (Wildman–Crippen MR) is 57.1 cm³/mol. The van der Waals surface area contributed by atoms with Gasteiger partial charge in [0.15, 0.2) is 0 Å². The lowest BCUT2D eigenvalue weighted by atomic mass is 10.4. The summed E-state index contributed by atoms with van der Waals surface area (Å²) in [5.74, 6) is -0.255. The molecule has 0 saturated heterocycles. The fourth-order valence-corrected chi connectivity index (χ4v) is 1.43. The molecule has 0 aromatic carbocycles. The number of halogens is 1. The summed E-state index contributed by atoms with van der Waals surface area (Å²) in [6, 6.07) is 3.27. The van der Waals surface area contributed by atoms with Crippen molar-refractivity contribution in [3.05, 3.63) is 34.6 Å². The average molecular weight is 241 g/mol. The number of hydrogen-bond acceptors (Lipinski definition) is 5. The minimum Gasteiger partial charge on any atom is -0.320 e. The Morgan fingerprint density at radius 2 is 2.27 bits per heavy atom. The molecule has 1 N–H and O–H groups in total. The van der Waals surface area contributed by atoms with Crippen LogP contribution in [-0.4, -0.2) is 20.5 Å². The molecule has 2 rings (SSSR count). The third kappa shape index (κ3) is 2.48. The highest BCUT2D eigenvalue weighted by Gasteiger charge is 2.08. The number of rotatable bonds is 2. The third-order valence-corrected chi connectivity index (χ3v) is 2.46. The summed E-state index contributed by atoms with van der Waals surface area (Å²) in [7, 11) is 0. The first-order valence-electron chi connectivity index (χ1n) is 3.96. The van der Waals surface area contributed by atoms with E-state index in [4.69, 9.17) is 11.6 Å². The van der Waals surface area contributed by atoms with Crippen molar-refractivity contribution in [2.45, 2.75) is 0 Å². The van der Waals surface area contributed by atoms with Gasteiger partial charge >= 0.3 is 0 Å². The highest BCUT2D eigenvalue weighted by Crippen LogP contribution is 2.11. The lowest BCUT2D eigenvalue weighted by molar-refractivity contribution is 0.103. The molecule has 1 amide bonds. The second-order valence-electron chi connectivity index (χ2n) is 2.61. The molecule has 76 valence electrons. The van der Waals surface area contributed by atoms with Crippen molar-refractivity contribution in [3.8, 4) is 0 Å². The fourth-order valence-electron chi connectivity index (χ4n) is 0.910. The van der Waals surface area contributed by atoms with Gasteiger partial charge in [-0.3, -0.25) is 4.79 Å². The summed E-state index contributed by atoms with van der Waals surface area (Å²) in [5.41, 5.74) is 0.581. The first-order chi connectivity index (χ1) is 7.25. The van der Waals surface area contributed by atoms with E-state index in [2.05, 4.69) is 19.9 Å². The summed E-state index contributed by atoms with van der Waals surface area (Å²) < 4.78 is 3.59. The normalized spacial score (nSPS) is 9.93. The van der Waals surface area contributed by atoms with Crippen LogP contribution in [0.1, 0.15) is 9.67 Å². The second-order valence-corrected chi connectivity index (χ2v) is 3.78. The van der Waals surface area contributed by atoms with Crippen molar-refractivity contribution in [3.63, 3.8) is 0 Å². The number of nitrogens with zero attached hydrogens (tertiary/aromatic N) is 3. The molecular formula is C8H5ClN4OS. The molecule has 5 nitrogen and oxygen atoms in total. The molecule has 0 unspecified atom stereocenters. The highest BCUT2D eigenvalue weighted by atomic mass is 35.5. The maximum Gasteiger partial charge on any atom is 0.269 e. The summed E-state index contributed by atoms with van der Waals surface area (Å²) in [4.78, 5) is 15.8. The van der Waals surface area contributed by atoms with Gasteiger partial charge in [0.05, 0.1) is 18.1 Å². The van der Waals surface area contributed by atoms with Gasteiger partial charge in [-0.25, -0.2) is 4.98 Å². The first kappa shape index (κ1) is 10.0. The van der Waals surface area contributed by atoms with E-state index < -0.39 is 0 Å². The molecule has 2 aromatic rings. The van der Waals surface area contributed by atoms with E-state index in [9.17, 15) is 4.79 Å². The largest absolute Gasteiger partial charge is 0.320 e. The summed E-state index contributed by atoms with van der Waals surface area (Å²) in [6.07, 6.45) is 2.89. The molecule has 0 saturated carbocycles. The summed E-state index contributed by atoms with van der Waals surface area (Å²) >= 11 is 6.64. The van der Waals surface area contributed by atoms with E-state index in [0.717, 1.165) is 11.5 Å². The van der Waals surface area contributed by atoms with E-state index in [0.29, 0.717) is 15.7 Å². The highest BCUT2D eigenvalue weighted by molar-refractivity contribution is 7.07. The number of pyridine rings is 1. The third-order valence-electron chi connectivity index (χ3n) is 1.57. The molecular weight excluding hydrogens is 236 g/mol. The zero-order valence-electron chi connectivity index (χ0n) is 7.35. The van der Waals surface area contributed by atoms with Crippen LogP contribution < -0.4 is 5.32 Å². The lowest BCUT2D eigenvalue weighted by Gasteiger charge is -2.01.